The summed E-state index contributed by atoms with van der Waals surface area (Å²) in [5.74, 6) is 0. The van der Waals surface area contributed by atoms with E-state index in [9.17, 15) is 23.4 Å². The average molecular weight is 265 g/mol. The number of nitrogen functional groups attached to an aromatic ring is 1. The molecule has 1 aromatic carbocycles. The van der Waals surface area contributed by atoms with Crippen LogP contribution in [0.4, 0.5) is 18.9 Å². The molecule has 7 heteroatoms. The van der Waals surface area contributed by atoms with Crippen molar-refractivity contribution in [1.82, 2.24) is 0 Å². The summed E-state index contributed by atoms with van der Waals surface area (Å²) in [7, 11) is 0. The zero-order valence-electron chi connectivity index (χ0n) is 9.35. The molecular weight excluding hydrogens is 251 g/mol. The summed E-state index contributed by atoms with van der Waals surface area (Å²) in [6, 6.07) is 2.62. The van der Waals surface area contributed by atoms with E-state index >= 15 is 0 Å². The largest absolute Gasteiger partial charge is 0.416 e. The first-order chi connectivity index (χ1) is 8.25. The number of aliphatic hydroxyl groups excluding tert-OH is 3. The van der Waals surface area contributed by atoms with Crippen molar-refractivity contribution in [2.45, 2.75) is 24.8 Å². The van der Waals surface area contributed by atoms with Crippen molar-refractivity contribution in [1.29, 1.82) is 0 Å². The van der Waals surface area contributed by atoms with Crippen LogP contribution in [0, 0.1) is 0 Å². The van der Waals surface area contributed by atoms with E-state index in [0.29, 0.717) is 0 Å². The molecule has 5 N–H and O–H groups in total. The fourth-order valence-corrected chi connectivity index (χ4v) is 1.52. The maximum atomic E-state index is 12.5. The van der Waals surface area contributed by atoms with E-state index in [-0.39, 0.29) is 24.3 Å². The number of aliphatic hydroxyl groups is 3. The molecule has 0 radical (unpaired) electrons. The van der Waals surface area contributed by atoms with Gasteiger partial charge in [0.1, 0.15) is 6.10 Å². The molecule has 0 saturated carbocycles. The van der Waals surface area contributed by atoms with Gasteiger partial charge in [0.05, 0.1) is 11.7 Å². The van der Waals surface area contributed by atoms with E-state index in [0.717, 1.165) is 18.2 Å². The number of rotatable bonds is 4. The van der Waals surface area contributed by atoms with Crippen molar-refractivity contribution < 1.29 is 28.5 Å². The van der Waals surface area contributed by atoms with Crippen LogP contribution in [-0.4, -0.2) is 28.0 Å². The standard InChI is InChI=1S/C11H14F3NO3/c12-11(13,14)7-3-6(4-8(15)5-7)10(18)9(17)1-2-16/h3-5,9-10,16-18H,1-2,15H2. The Morgan fingerprint density at radius 3 is 2.28 bits per heavy atom. The summed E-state index contributed by atoms with van der Waals surface area (Å²) in [6.07, 6.45) is -7.59. The Balaban J connectivity index is 3.06. The summed E-state index contributed by atoms with van der Waals surface area (Å²) < 4.78 is 37.6. The second-order valence-electron chi connectivity index (χ2n) is 3.91. The molecule has 0 aliphatic heterocycles. The van der Waals surface area contributed by atoms with Crippen LogP contribution in [0.15, 0.2) is 18.2 Å². The zero-order chi connectivity index (χ0) is 13.9. The Hall–Kier alpha value is -1.31. The Morgan fingerprint density at radius 1 is 1.17 bits per heavy atom. The molecule has 0 fully saturated rings. The third-order valence-corrected chi connectivity index (χ3v) is 2.44. The van der Waals surface area contributed by atoms with Gasteiger partial charge in [0.15, 0.2) is 0 Å². The number of hydrogen-bond donors (Lipinski definition) is 4. The van der Waals surface area contributed by atoms with Crippen LogP contribution in [0.25, 0.3) is 0 Å². The number of benzene rings is 1. The number of alkyl halides is 3. The van der Waals surface area contributed by atoms with Gasteiger partial charge >= 0.3 is 6.18 Å². The molecule has 0 spiro atoms. The van der Waals surface area contributed by atoms with E-state index in [2.05, 4.69) is 0 Å². The van der Waals surface area contributed by atoms with Crippen LogP contribution >= 0.6 is 0 Å². The fourth-order valence-electron chi connectivity index (χ4n) is 1.52. The minimum atomic E-state index is -4.58. The predicted molar refractivity (Wildman–Crippen MR) is 58.5 cm³/mol. The highest BCUT2D eigenvalue weighted by Gasteiger charge is 2.32. The predicted octanol–water partition coefficient (Wildman–Crippen LogP) is 1.06. The Kier molecular flexibility index (Phi) is 4.55. The lowest BCUT2D eigenvalue weighted by molar-refractivity contribution is -0.137. The van der Waals surface area contributed by atoms with Gasteiger partial charge in [0.2, 0.25) is 0 Å². The van der Waals surface area contributed by atoms with Crippen molar-refractivity contribution in [3.05, 3.63) is 29.3 Å². The van der Waals surface area contributed by atoms with E-state index in [4.69, 9.17) is 10.8 Å². The van der Waals surface area contributed by atoms with Crippen molar-refractivity contribution in [3.63, 3.8) is 0 Å². The molecule has 0 aliphatic rings. The van der Waals surface area contributed by atoms with Gasteiger partial charge in [0, 0.05) is 12.3 Å². The van der Waals surface area contributed by atoms with Gasteiger partial charge in [-0.25, -0.2) is 0 Å². The number of anilines is 1. The third-order valence-electron chi connectivity index (χ3n) is 2.44. The Bertz CT molecular complexity index is 409. The number of hydrogen-bond acceptors (Lipinski definition) is 4. The molecule has 102 valence electrons. The first-order valence-corrected chi connectivity index (χ1v) is 5.20. The smallest absolute Gasteiger partial charge is 0.399 e. The fraction of sp³-hybridized carbons (Fsp3) is 0.455. The van der Waals surface area contributed by atoms with E-state index in [1.165, 1.54) is 0 Å². The molecule has 0 aliphatic carbocycles. The van der Waals surface area contributed by atoms with Crippen molar-refractivity contribution >= 4 is 5.69 Å². The second kappa shape index (κ2) is 5.55. The zero-order valence-corrected chi connectivity index (χ0v) is 9.35. The van der Waals surface area contributed by atoms with Gasteiger partial charge in [-0.15, -0.1) is 0 Å². The van der Waals surface area contributed by atoms with Crippen LogP contribution < -0.4 is 5.73 Å². The summed E-state index contributed by atoms with van der Waals surface area (Å²) >= 11 is 0. The molecule has 2 atom stereocenters. The number of nitrogens with two attached hydrogens (primary N) is 1. The summed E-state index contributed by atoms with van der Waals surface area (Å²) in [4.78, 5) is 0. The quantitative estimate of drug-likeness (QED) is 0.613. The first kappa shape index (κ1) is 14.7. The highest BCUT2D eigenvalue weighted by atomic mass is 19.4. The lowest BCUT2D eigenvalue weighted by Crippen LogP contribution is -2.20. The number of halogens is 3. The lowest BCUT2D eigenvalue weighted by atomic mass is 9.99. The molecule has 18 heavy (non-hydrogen) atoms. The normalized spacial score (nSPS) is 15.4. The molecule has 2 unspecified atom stereocenters. The maximum absolute atomic E-state index is 12.5. The molecule has 0 aromatic heterocycles. The van der Waals surface area contributed by atoms with Gasteiger partial charge in [-0.2, -0.15) is 13.2 Å². The highest BCUT2D eigenvalue weighted by Crippen LogP contribution is 2.33. The van der Waals surface area contributed by atoms with Crippen molar-refractivity contribution in [2.24, 2.45) is 0 Å². The molecule has 1 rings (SSSR count). The monoisotopic (exact) mass is 265 g/mol. The lowest BCUT2D eigenvalue weighted by Gasteiger charge is -2.19. The topological polar surface area (TPSA) is 86.7 Å². The van der Waals surface area contributed by atoms with E-state index in [1.54, 1.807) is 0 Å². The molecule has 4 nitrogen and oxygen atoms in total. The molecular formula is C11H14F3NO3. The molecule has 0 bridgehead atoms. The van der Waals surface area contributed by atoms with Gasteiger partial charge < -0.3 is 21.1 Å². The van der Waals surface area contributed by atoms with Gasteiger partial charge in [0.25, 0.3) is 0 Å². The van der Waals surface area contributed by atoms with Crippen LogP contribution in [0.2, 0.25) is 0 Å². The second-order valence-corrected chi connectivity index (χ2v) is 3.91. The molecule has 0 saturated heterocycles. The Morgan fingerprint density at radius 2 is 1.78 bits per heavy atom. The average Bonchev–Trinajstić information content (AvgIpc) is 2.26. The van der Waals surface area contributed by atoms with Crippen LogP contribution in [0.1, 0.15) is 23.7 Å². The van der Waals surface area contributed by atoms with E-state index < -0.39 is 23.9 Å². The van der Waals surface area contributed by atoms with Crippen LogP contribution in [-0.2, 0) is 6.18 Å². The minimum absolute atomic E-state index is 0.136. The summed E-state index contributed by atoms with van der Waals surface area (Å²) in [5.41, 5.74) is 4.04. The third kappa shape index (κ3) is 3.59. The summed E-state index contributed by atoms with van der Waals surface area (Å²) in [5, 5.41) is 27.7. The van der Waals surface area contributed by atoms with E-state index in [1.807, 2.05) is 0 Å². The molecule has 0 heterocycles. The van der Waals surface area contributed by atoms with Gasteiger partial charge in [-0.05, 0) is 30.2 Å². The highest BCUT2D eigenvalue weighted by molar-refractivity contribution is 5.46. The van der Waals surface area contributed by atoms with Gasteiger partial charge in [-0.1, -0.05) is 0 Å². The van der Waals surface area contributed by atoms with Crippen LogP contribution in [0.5, 0.6) is 0 Å². The van der Waals surface area contributed by atoms with Crippen molar-refractivity contribution in [3.8, 4) is 0 Å². The minimum Gasteiger partial charge on any atom is -0.399 e. The van der Waals surface area contributed by atoms with Gasteiger partial charge in [-0.3, -0.25) is 0 Å². The summed E-state index contributed by atoms with van der Waals surface area (Å²) in [6.45, 7) is -0.382. The SMILES string of the molecule is Nc1cc(C(O)C(O)CCO)cc(C(F)(F)F)c1. The molecule has 0 amide bonds. The Labute approximate surface area is 101 Å². The first-order valence-electron chi connectivity index (χ1n) is 5.20. The van der Waals surface area contributed by atoms with Crippen LogP contribution in [0.3, 0.4) is 0 Å². The maximum Gasteiger partial charge on any atom is 0.416 e. The van der Waals surface area contributed by atoms with Crippen molar-refractivity contribution in [2.75, 3.05) is 12.3 Å². The molecule has 1 aromatic rings.